The molecule has 0 radical (unpaired) electrons. The van der Waals surface area contributed by atoms with Gasteiger partial charge in [-0.15, -0.1) is 0 Å². The van der Waals surface area contributed by atoms with Gasteiger partial charge in [-0.05, 0) is 18.2 Å². The van der Waals surface area contributed by atoms with Crippen molar-refractivity contribution in [1.29, 1.82) is 5.26 Å². The number of nitrogens with zero attached hydrogens (tertiary/aromatic N) is 4. The molecule has 2 aromatic heterocycles. The van der Waals surface area contributed by atoms with Crippen LogP contribution in [0.5, 0.6) is 5.88 Å². The van der Waals surface area contributed by atoms with E-state index in [1.165, 1.54) is 19.5 Å². The number of aromatic nitrogens is 3. The second-order valence-corrected chi connectivity index (χ2v) is 4.60. The number of hydrogen-bond acceptors (Lipinski definition) is 7. The van der Waals surface area contributed by atoms with Gasteiger partial charge >= 0.3 is 0 Å². The van der Waals surface area contributed by atoms with Crippen molar-refractivity contribution in [1.82, 2.24) is 15.0 Å². The molecule has 7 nitrogen and oxygen atoms in total. The third-order valence-corrected chi connectivity index (χ3v) is 2.85. The molecule has 0 aromatic carbocycles. The highest BCUT2D eigenvalue weighted by molar-refractivity contribution is 5.59. The fourth-order valence-electron chi connectivity index (χ4n) is 1.63. The van der Waals surface area contributed by atoms with Gasteiger partial charge in [-0.2, -0.15) is 10.2 Å². The third kappa shape index (κ3) is 4.18. The molecule has 0 aliphatic carbocycles. The molecule has 0 fully saturated rings. The van der Waals surface area contributed by atoms with Crippen LogP contribution >= 0.6 is 0 Å². The minimum atomic E-state index is 0.153. The first-order chi connectivity index (χ1) is 11.5. The van der Waals surface area contributed by atoms with Gasteiger partial charge in [0.15, 0.2) is 5.82 Å². The van der Waals surface area contributed by atoms with Crippen molar-refractivity contribution in [3.8, 4) is 23.3 Å². The van der Waals surface area contributed by atoms with Gasteiger partial charge < -0.3 is 15.2 Å². The SMILES string of the molecule is C=C(/C=C\C(=C)Oc1nc(-c2cncc(C#N)c2)ncc1N)OC. The first kappa shape index (κ1) is 16.7. The van der Waals surface area contributed by atoms with Crippen LogP contribution in [0, 0.1) is 11.3 Å². The summed E-state index contributed by atoms with van der Waals surface area (Å²) in [5, 5.41) is 8.94. The van der Waals surface area contributed by atoms with Gasteiger partial charge in [-0.1, -0.05) is 13.2 Å². The second kappa shape index (κ2) is 7.56. The topological polar surface area (TPSA) is 107 Å². The van der Waals surface area contributed by atoms with Crippen LogP contribution in [-0.4, -0.2) is 22.1 Å². The largest absolute Gasteiger partial charge is 0.497 e. The highest BCUT2D eigenvalue weighted by Gasteiger charge is 2.10. The second-order valence-electron chi connectivity index (χ2n) is 4.60. The molecule has 2 N–H and O–H groups in total. The third-order valence-electron chi connectivity index (χ3n) is 2.85. The fourth-order valence-corrected chi connectivity index (χ4v) is 1.63. The number of ether oxygens (including phenoxy) is 2. The lowest BCUT2D eigenvalue weighted by atomic mass is 10.2. The van der Waals surface area contributed by atoms with Crippen LogP contribution in [0.4, 0.5) is 5.69 Å². The molecule has 0 unspecified atom stereocenters. The molecule has 24 heavy (non-hydrogen) atoms. The Morgan fingerprint density at radius 2 is 2.00 bits per heavy atom. The summed E-state index contributed by atoms with van der Waals surface area (Å²) >= 11 is 0. The van der Waals surface area contributed by atoms with Crippen molar-refractivity contribution in [2.75, 3.05) is 12.8 Å². The molecule has 0 amide bonds. The van der Waals surface area contributed by atoms with Crippen molar-refractivity contribution in [3.05, 3.63) is 67.0 Å². The lowest BCUT2D eigenvalue weighted by molar-refractivity contribution is 0.308. The summed E-state index contributed by atoms with van der Waals surface area (Å²) in [6, 6.07) is 3.64. The summed E-state index contributed by atoms with van der Waals surface area (Å²) < 4.78 is 10.4. The van der Waals surface area contributed by atoms with E-state index in [9.17, 15) is 0 Å². The zero-order valence-corrected chi connectivity index (χ0v) is 13.1. The van der Waals surface area contributed by atoms with E-state index >= 15 is 0 Å². The Balaban J connectivity index is 2.26. The Kier molecular flexibility index (Phi) is 5.26. The molecule has 2 heterocycles. The maximum atomic E-state index is 8.94. The summed E-state index contributed by atoms with van der Waals surface area (Å²) in [5.41, 5.74) is 7.06. The Morgan fingerprint density at radius 3 is 2.71 bits per heavy atom. The summed E-state index contributed by atoms with van der Waals surface area (Å²) in [6.07, 6.45) is 7.59. The van der Waals surface area contributed by atoms with Gasteiger partial charge in [0, 0.05) is 18.0 Å². The van der Waals surface area contributed by atoms with Crippen molar-refractivity contribution in [3.63, 3.8) is 0 Å². The van der Waals surface area contributed by atoms with E-state index in [0.717, 1.165) is 0 Å². The summed E-state index contributed by atoms with van der Waals surface area (Å²) in [4.78, 5) is 12.4. The molecule has 120 valence electrons. The molecule has 0 aliphatic heterocycles. The Morgan fingerprint density at radius 1 is 1.25 bits per heavy atom. The van der Waals surface area contributed by atoms with E-state index in [1.54, 1.807) is 24.4 Å². The first-order valence-corrected chi connectivity index (χ1v) is 6.79. The molecule has 0 saturated heterocycles. The molecule has 7 heteroatoms. The van der Waals surface area contributed by atoms with Crippen LogP contribution in [0.2, 0.25) is 0 Å². The van der Waals surface area contributed by atoms with E-state index in [-0.39, 0.29) is 11.6 Å². The molecular formula is C17H15N5O2. The van der Waals surface area contributed by atoms with Crippen molar-refractivity contribution in [2.24, 2.45) is 0 Å². The average Bonchev–Trinajstić information content (AvgIpc) is 2.61. The van der Waals surface area contributed by atoms with E-state index in [1.807, 2.05) is 6.07 Å². The van der Waals surface area contributed by atoms with Gasteiger partial charge in [-0.3, -0.25) is 4.98 Å². The van der Waals surface area contributed by atoms with E-state index in [2.05, 4.69) is 28.1 Å². The standard InChI is InChI=1S/C17H15N5O2/c1-11(23-3)4-5-12(2)24-17-15(19)10-21-16(22-17)14-6-13(7-18)8-20-9-14/h4-6,8-10H,1-2,19H2,3H3/b5-4-. The highest BCUT2D eigenvalue weighted by atomic mass is 16.5. The number of nitrogens with two attached hydrogens (primary N) is 1. The van der Waals surface area contributed by atoms with Gasteiger partial charge in [0.05, 0.1) is 18.9 Å². The maximum absolute atomic E-state index is 8.94. The zero-order chi connectivity index (χ0) is 17.5. The van der Waals surface area contributed by atoms with E-state index in [4.69, 9.17) is 20.5 Å². The normalized spacial score (nSPS) is 10.2. The molecule has 0 bridgehead atoms. The van der Waals surface area contributed by atoms with Gasteiger partial charge in [0.25, 0.3) is 0 Å². The monoisotopic (exact) mass is 321 g/mol. The number of nitriles is 1. The number of hydrogen-bond donors (Lipinski definition) is 1. The average molecular weight is 321 g/mol. The Bertz CT molecular complexity index is 852. The fraction of sp³-hybridized carbons (Fsp3) is 0.0588. The van der Waals surface area contributed by atoms with Crippen LogP contribution in [0.15, 0.2) is 61.5 Å². The predicted molar refractivity (Wildman–Crippen MR) is 89.4 cm³/mol. The number of nitrogen functional groups attached to an aromatic ring is 1. The van der Waals surface area contributed by atoms with Crippen molar-refractivity contribution >= 4 is 5.69 Å². The van der Waals surface area contributed by atoms with E-state index in [0.29, 0.717) is 28.5 Å². The first-order valence-electron chi connectivity index (χ1n) is 6.79. The molecule has 2 rings (SSSR count). The zero-order valence-electron chi connectivity index (χ0n) is 13.1. The van der Waals surface area contributed by atoms with Crippen LogP contribution in [-0.2, 0) is 4.74 Å². The van der Waals surface area contributed by atoms with Crippen LogP contribution in [0.25, 0.3) is 11.4 Å². The van der Waals surface area contributed by atoms with E-state index < -0.39 is 0 Å². The quantitative estimate of drug-likeness (QED) is 0.643. The highest BCUT2D eigenvalue weighted by Crippen LogP contribution is 2.24. The number of rotatable bonds is 6. The van der Waals surface area contributed by atoms with Gasteiger partial charge in [-0.25, -0.2) is 4.98 Å². The van der Waals surface area contributed by atoms with Gasteiger partial charge in [0.2, 0.25) is 5.88 Å². The van der Waals surface area contributed by atoms with Crippen LogP contribution < -0.4 is 10.5 Å². The van der Waals surface area contributed by atoms with Crippen molar-refractivity contribution < 1.29 is 9.47 Å². The number of allylic oxidation sites excluding steroid dienone is 2. The molecule has 0 aliphatic rings. The van der Waals surface area contributed by atoms with Gasteiger partial charge in [0.1, 0.15) is 23.3 Å². The summed E-state index contributed by atoms with van der Waals surface area (Å²) in [5.74, 6) is 1.24. The summed E-state index contributed by atoms with van der Waals surface area (Å²) in [7, 11) is 1.51. The smallest absolute Gasteiger partial charge is 0.246 e. The molecule has 0 atom stereocenters. The molecule has 2 aromatic rings. The Hall–Kier alpha value is -3.66. The lowest BCUT2D eigenvalue weighted by Gasteiger charge is -2.08. The molecule has 0 spiro atoms. The minimum absolute atomic E-state index is 0.153. The predicted octanol–water partition coefficient (Wildman–Crippen LogP) is 2.60. The minimum Gasteiger partial charge on any atom is -0.497 e. The summed E-state index contributed by atoms with van der Waals surface area (Å²) in [6.45, 7) is 7.40. The number of pyridine rings is 1. The Labute approximate surface area is 139 Å². The maximum Gasteiger partial charge on any atom is 0.246 e. The lowest BCUT2D eigenvalue weighted by Crippen LogP contribution is -2.01. The van der Waals surface area contributed by atoms with Crippen LogP contribution in [0.1, 0.15) is 5.56 Å². The number of anilines is 1. The number of methoxy groups -OCH3 is 1. The molecular weight excluding hydrogens is 306 g/mol. The van der Waals surface area contributed by atoms with Crippen LogP contribution in [0.3, 0.4) is 0 Å². The van der Waals surface area contributed by atoms with Crippen molar-refractivity contribution in [2.45, 2.75) is 0 Å². The molecule has 0 saturated carbocycles.